The molecule has 0 spiro atoms. The number of halogens is 1. The van der Waals surface area contributed by atoms with Gasteiger partial charge >= 0.3 is 5.97 Å². The monoisotopic (exact) mass is 450 g/mol. The van der Waals surface area contributed by atoms with E-state index in [0.717, 1.165) is 15.6 Å². The highest BCUT2D eigenvalue weighted by Gasteiger charge is 2.13. The molecule has 0 aliphatic carbocycles. The van der Waals surface area contributed by atoms with Crippen molar-refractivity contribution in [2.24, 2.45) is 0 Å². The molecule has 0 atom stereocenters. The van der Waals surface area contributed by atoms with Crippen LogP contribution in [0.3, 0.4) is 0 Å². The Hall–Kier alpha value is -3.63. The van der Waals surface area contributed by atoms with Gasteiger partial charge in [-0.3, -0.25) is 4.79 Å². The van der Waals surface area contributed by atoms with E-state index in [0.29, 0.717) is 17.2 Å². The van der Waals surface area contributed by atoms with Crippen LogP contribution < -0.4 is 5.32 Å². The fourth-order valence-electron chi connectivity index (χ4n) is 2.70. The number of hydrogen-bond acceptors (Lipinski definition) is 4. The number of amides is 1. The van der Waals surface area contributed by atoms with Crippen molar-refractivity contribution in [2.45, 2.75) is 6.92 Å². The minimum atomic E-state index is -1.00. The SMILES string of the molecule is Cc1cc(C(=O)O)ccc1-c1ccc(/C=C(/C#N)C(=O)Nc2cccc(Br)c2)o1. The highest BCUT2D eigenvalue weighted by atomic mass is 79.9. The van der Waals surface area contributed by atoms with Gasteiger partial charge in [-0.2, -0.15) is 5.26 Å². The third kappa shape index (κ3) is 4.81. The molecule has 29 heavy (non-hydrogen) atoms. The zero-order chi connectivity index (χ0) is 21.0. The van der Waals surface area contributed by atoms with Gasteiger partial charge < -0.3 is 14.8 Å². The van der Waals surface area contributed by atoms with E-state index in [-0.39, 0.29) is 11.1 Å². The molecule has 144 valence electrons. The lowest BCUT2D eigenvalue weighted by molar-refractivity contribution is -0.112. The maximum absolute atomic E-state index is 12.4. The van der Waals surface area contributed by atoms with Crippen molar-refractivity contribution in [3.05, 3.63) is 81.5 Å². The first-order chi connectivity index (χ1) is 13.9. The molecular weight excluding hydrogens is 436 g/mol. The number of carbonyl (C=O) groups is 2. The summed E-state index contributed by atoms with van der Waals surface area (Å²) in [6.07, 6.45) is 1.36. The largest absolute Gasteiger partial charge is 0.478 e. The van der Waals surface area contributed by atoms with Gasteiger partial charge in [0.05, 0.1) is 5.56 Å². The number of carboxylic acid groups (broad SMARTS) is 1. The van der Waals surface area contributed by atoms with Crippen molar-refractivity contribution >= 4 is 39.6 Å². The molecule has 2 N–H and O–H groups in total. The second kappa shape index (κ2) is 8.59. The van der Waals surface area contributed by atoms with Crippen molar-refractivity contribution in [2.75, 3.05) is 5.32 Å². The van der Waals surface area contributed by atoms with E-state index in [1.54, 1.807) is 49.4 Å². The number of anilines is 1. The van der Waals surface area contributed by atoms with Gasteiger partial charge in [0.2, 0.25) is 0 Å². The Balaban J connectivity index is 1.83. The average Bonchev–Trinajstić information content (AvgIpc) is 3.14. The lowest BCUT2D eigenvalue weighted by Crippen LogP contribution is -2.13. The Labute approximate surface area is 175 Å². The van der Waals surface area contributed by atoms with Crippen LogP contribution in [-0.4, -0.2) is 17.0 Å². The zero-order valence-corrected chi connectivity index (χ0v) is 16.9. The van der Waals surface area contributed by atoms with E-state index in [4.69, 9.17) is 9.52 Å². The number of carboxylic acids is 1. The van der Waals surface area contributed by atoms with Crippen LogP contribution in [0.25, 0.3) is 17.4 Å². The molecule has 0 radical (unpaired) electrons. The topological polar surface area (TPSA) is 103 Å². The Morgan fingerprint density at radius 2 is 1.97 bits per heavy atom. The molecule has 1 heterocycles. The van der Waals surface area contributed by atoms with Gasteiger partial charge in [0.15, 0.2) is 0 Å². The summed E-state index contributed by atoms with van der Waals surface area (Å²) in [5.41, 5.74) is 2.10. The van der Waals surface area contributed by atoms with Crippen LogP contribution in [0.1, 0.15) is 21.7 Å². The second-order valence-electron chi connectivity index (χ2n) is 6.17. The summed E-state index contributed by atoms with van der Waals surface area (Å²) in [6, 6.07) is 17.0. The van der Waals surface area contributed by atoms with Gasteiger partial charge in [-0.15, -0.1) is 0 Å². The minimum absolute atomic E-state index is 0.108. The number of nitrogens with one attached hydrogen (secondary N) is 1. The van der Waals surface area contributed by atoms with Crippen LogP contribution >= 0.6 is 15.9 Å². The van der Waals surface area contributed by atoms with Crippen LogP contribution in [0.15, 0.2) is 69.1 Å². The molecule has 3 aromatic rings. The van der Waals surface area contributed by atoms with E-state index >= 15 is 0 Å². The fraction of sp³-hybridized carbons (Fsp3) is 0.0455. The summed E-state index contributed by atoms with van der Waals surface area (Å²) in [4.78, 5) is 23.4. The molecule has 1 aromatic heterocycles. The number of benzene rings is 2. The summed E-state index contributed by atoms with van der Waals surface area (Å²) >= 11 is 3.32. The number of nitrogens with zero attached hydrogens (tertiary/aromatic N) is 1. The van der Waals surface area contributed by atoms with E-state index in [1.165, 1.54) is 12.1 Å². The summed E-state index contributed by atoms with van der Waals surface area (Å²) < 4.78 is 6.54. The molecule has 0 aliphatic heterocycles. The molecule has 6 nitrogen and oxygen atoms in total. The molecule has 7 heteroatoms. The van der Waals surface area contributed by atoms with Crippen LogP contribution in [0.4, 0.5) is 5.69 Å². The summed E-state index contributed by atoms with van der Waals surface area (Å²) in [5.74, 6) is -0.707. The van der Waals surface area contributed by atoms with Crippen LogP contribution in [0.2, 0.25) is 0 Å². The van der Waals surface area contributed by atoms with Crippen molar-refractivity contribution in [1.82, 2.24) is 0 Å². The van der Waals surface area contributed by atoms with Gasteiger partial charge in [-0.1, -0.05) is 28.1 Å². The lowest BCUT2D eigenvalue weighted by Gasteiger charge is -2.05. The van der Waals surface area contributed by atoms with Crippen LogP contribution in [0.5, 0.6) is 0 Å². The zero-order valence-electron chi connectivity index (χ0n) is 15.3. The number of carbonyl (C=O) groups excluding carboxylic acids is 1. The van der Waals surface area contributed by atoms with Gasteiger partial charge in [-0.05, 0) is 55.0 Å². The highest BCUT2D eigenvalue weighted by molar-refractivity contribution is 9.10. The Morgan fingerprint density at radius 3 is 2.62 bits per heavy atom. The predicted molar refractivity (Wildman–Crippen MR) is 112 cm³/mol. The van der Waals surface area contributed by atoms with Crippen molar-refractivity contribution < 1.29 is 19.1 Å². The third-order valence-corrected chi connectivity index (χ3v) is 4.59. The van der Waals surface area contributed by atoms with Gasteiger partial charge in [0.25, 0.3) is 5.91 Å². The Bertz CT molecular complexity index is 1170. The number of aromatic carboxylic acids is 1. The quantitative estimate of drug-likeness (QED) is 0.407. The molecule has 0 fully saturated rings. The third-order valence-electron chi connectivity index (χ3n) is 4.10. The number of nitriles is 1. The van der Waals surface area contributed by atoms with E-state index in [1.807, 2.05) is 12.1 Å². The fourth-order valence-corrected chi connectivity index (χ4v) is 3.10. The lowest BCUT2D eigenvalue weighted by atomic mass is 10.0. The minimum Gasteiger partial charge on any atom is -0.478 e. The molecule has 0 aliphatic rings. The van der Waals surface area contributed by atoms with Crippen molar-refractivity contribution in [3.8, 4) is 17.4 Å². The number of rotatable bonds is 5. The van der Waals surface area contributed by atoms with E-state index in [9.17, 15) is 14.9 Å². The number of furan rings is 1. The molecule has 0 bridgehead atoms. The smallest absolute Gasteiger partial charge is 0.335 e. The van der Waals surface area contributed by atoms with E-state index < -0.39 is 11.9 Å². The van der Waals surface area contributed by atoms with Crippen LogP contribution in [-0.2, 0) is 4.79 Å². The molecule has 0 saturated carbocycles. The van der Waals surface area contributed by atoms with E-state index in [2.05, 4.69) is 21.2 Å². The highest BCUT2D eigenvalue weighted by Crippen LogP contribution is 2.27. The standard InChI is InChI=1S/C22H15BrN2O4/c1-13-9-14(22(27)28)5-7-19(13)20-8-6-18(29-20)10-15(12-24)21(26)25-17-4-2-3-16(23)11-17/h2-11H,1H3,(H,25,26)(H,27,28)/b15-10-. The Morgan fingerprint density at radius 1 is 1.17 bits per heavy atom. The number of aryl methyl sites for hydroxylation is 1. The molecule has 0 unspecified atom stereocenters. The maximum Gasteiger partial charge on any atom is 0.335 e. The van der Waals surface area contributed by atoms with Crippen molar-refractivity contribution in [1.29, 1.82) is 5.26 Å². The molecule has 0 saturated heterocycles. The normalized spacial score (nSPS) is 11.0. The number of hydrogen-bond donors (Lipinski definition) is 2. The maximum atomic E-state index is 12.4. The summed E-state index contributed by atoms with van der Waals surface area (Å²) in [7, 11) is 0. The first-order valence-electron chi connectivity index (χ1n) is 8.50. The van der Waals surface area contributed by atoms with Gasteiger partial charge in [-0.25, -0.2) is 4.79 Å². The van der Waals surface area contributed by atoms with Crippen LogP contribution in [0, 0.1) is 18.3 Å². The predicted octanol–water partition coefficient (Wildman–Crippen LogP) is 5.26. The summed E-state index contributed by atoms with van der Waals surface area (Å²) in [5, 5.41) is 21.1. The summed E-state index contributed by atoms with van der Waals surface area (Å²) in [6.45, 7) is 1.78. The first-order valence-corrected chi connectivity index (χ1v) is 9.29. The van der Waals surface area contributed by atoms with Gasteiger partial charge in [0, 0.05) is 21.8 Å². The first kappa shape index (κ1) is 20.1. The molecule has 2 aromatic carbocycles. The second-order valence-corrected chi connectivity index (χ2v) is 7.09. The molecule has 3 rings (SSSR count). The van der Waals surface area contributed by atoms with Crippen molar-refractivity contribution in [3.63, 3.8) is 0 Å². The Kier molecular flexibility index (Phi) is 5.96. The van der Waals surface area contributed by atoms with Gasteiger partial charge in [0.1, 0.15) is 23.2 Å². The molecular formula is C22H15BrN2O4. The molecule has 1 amide bonds. The average molecular weight is 451 g/mol.